The molecule has 0 bridgehead atoms. The lowest BCUT2D eigenvalue weighted by Gasteiger charge is -2.33. The maximum absolute atomic E-state index is 12.1. The average Bonchev–Trinajstić information content (AvgIpc) is 2.40. The van der Waals surface area contributed by atoms with E-state index >= 15 is 0 Å². The van der Waals surface area contributed by atoms with Crippen LogP contribution in [0.3, 0.4) is 0 Å². The van der Waals surface area contributed by atoms with E-state index in [9.17, 15) is 4.79 Å². The first-order chi connectivity index (χ1) is 8.27. The smallest absolute Gasteiger partial charge is 0.237 e. The molecule has 2 aliphatic heterocycles. The minimum Gasteiger partial charge on any atom is -0.379 e. The highest BCUT2D eigenvalue weighted by molar-refractivity contribution is 5.81. The summed E-state index contributed by atoms with van der Waals surface area (Å²) in [5, 5.41) is 6.44. The molecule has 2 atom stereocenters. The van der Waals surface area contributed by atoms with Crippen LogP contribution in [0.5, 0.6) is 0 Å². The molecule has 0 aromatic rings. The standard InChI is InChI=1S/C12H23N3O2/c1-10(15-5-7-17-8-6-15)12(16)14-11-3-2-4-13-9-11/h10-11,13H,2-9H2,1H3,(H,14,16)/t10?,11-/m0/s1. The lowest BCUT2D eigenvalue weighted by atomic mass is 10.1. The first-order valence-corrected chi connectivity index (χ1v) is 6.60. The molecule has 0 spiro atoms. The average molecular weight is 241 g/mol. The van der Waals surface area contributed by atoms with Crippen LogP contribution in [0.1, 0.15) is 19.8 Å². The van der Waals surface area contributed by atoms with E-state index in [1.54, 1.807) is 0 Å². The Morgan fingerprint density at radius 2 is 2.24 bits per heavy atom. The summed E-state index contributed by atoms with van der Waals surface area (Å²) in [5.74, 6) is 0.153. The van der Waals surface area contributed by atoms with Gasteiger partial charge in [0.05, 0.1) is 19.3 Å². The molecule has 2 rings (SSSR count). The lowest BCUT2D eigenvalue weighted by Crippen LogP contribution is -2.54. The van der Waals surface area contributed by atoms with E-state index in [1.807, 2.05) is 6.92 Å². The van der Waals surface area contributed by atoms with Crippen molar-refractivity contribution in [2.24, 2.45) is 0 Å². The molecule has 1 amide bonds. The Labute approximate surface area is 103 Å². The summed E-state index contributed by atoms with van der Waals surface area (Å²) in [7, 11) is 0. The Kier molecular flexibility index (Phi) is 4.76. The van der Waals surface area contributed by atoms with Crippen molar-refractivity contribution < 1.29 is 9.53 Å². The maximum atomic E-state index is 12.1. The number of rotatable bonds is 3. The maximum Gasteiger partial charge on any atom is 0.237 e. The molecule has 2 heterocycles. The van der Waals surface area contributed by atoms with Gasteiger partial charge in [-0.05, 0) is 26.3 Å². The number of hydrogen-bond donors (Lipinski definition) is 2. The highest BCUT2D eigenvalue weighted by Gasteiger charge is 2.25. The molecule has 0 aliphatic carbocycles. The third-order valence-corrected chi connectivity index (χ3v) is 3.62. The van der Waals surface area contributed by atoms with E-state index in [2.05, 4.69) is 15.5 Å². The SMILES string of the molecule is CC(C(=O)N[C@H]1CCCNC1)N1CCOCC1. The lowest BCUT2D eigenvalue weighted by molar-refractivity contribution is -0.128. The van der Waals surface area contributed by atoms with E-state index in [4.69, 9.17) is 4.74 Å². The number of ether oxygens (including phenoxy) is 1. The third-order valence-electron chi connectivity index (χ3n) is 3.62. The zero-order valence-electron chi connectivity index (χ0n) is 10.6. The van der Waals surface area contributed by atoms with Gasteiger partial charge in [0.25, 0.3) is 0 Å². The molecule has 17 heavy (non-hydrogen) atoms. The fourth-order valence-electron chi connectivity index (χ4n) is 2.43. The normalized spacial score (nSPS) is 28.6. The quantitative estimate of drug-likeness (QED) is 0.704. The van der Waals surface area contributed by atoms with Gasteiger partial charge in [0, 0.05) is 25.7 Å². The van der Waals surface area contributed by atoms with E-state index in [0.29, 0.717) is 6.04 Å². The van der Waals surface area contributed by atoms with Crippen molar-refractivity contribution in [1.29, 1.82) is 0 Å². The molecule has 2 fully saturated rings. The minimum atomic E-state index is -0.0409. The van der Waals surface area contributed by atoms with Gasteiger partial charge >= 0.3 is 0 Å². The molecule has 98 valence electrons. The summed E-state index contributed by atoms with van der Waals surface area (Å²) in [6.45, 7) is 7.16. The van der Waals surface area contributed by atoms with Crippen molar-refractivity contribution in [3.05, 3.63) is 0 Å². The molecule has 0 saturated carbocycles. The Hall–Kier alpha value is -0.650. The number of piperidine rings is 1. The summed E-state index contributed by atoms with van der Waals surface area (Å²) in [6.07, 6.45) is 2.24. The van der Waals surface area contributed by atoms with Crippen LogP contribution in [0, 0.1) is 0 Å². The second kappa shape index (κ2) is 6.33. The second-order valence-electron chi connectivity index (χ2n) is 4.88. The van der Waals surface area contributed by atoms with E-state index in [-0.39, 0.29) is 11.9 Å². The van der Waals surface area contributed by atoms with Crippen LogP contribution >= 0.6 is 0 Å². The fraction of sp³-hybridized carbons (Fsp3) is 0.917. The number of amides is 1. The van der Waals surface area contributed by atoms with E-state index < -0.39 is 0 Å². The Bertz CT molecular complexity index is 248. The van der Waals surface area contributed by atoms with Crippen molar-refractivity contribution in [2.45, 2.75) is 31.8 Å². The number of hydrogen-bond acceptors (Lipinski definition) is 4. The van der Waals surface area contributed by atoms with Crippen molar-refractivity contribution in [1.82, 2.24) is 15.5 Å². The van der Waals surface area contributed by atoms with Crippen LogP contribution in [-0.4, -0.2) is 62.3 Å². The predicted octanol–water partition coefficient (Wildman–Crippen LogP) is -0.425. The zero-order valence-corrected chi connectivity index (χ0v) is 10.6. The van der Waals surface area contributed by atoms with Crippen LogP contribution in [0.15, 0.2) is 0 Å². The Morgan fingerprint density at radius 1 is 1.47 bits per heavy atom. The molecule has 2 aliphatic rings. The zero-order chi connectivity index (χ0) is 12.1. The fourth-order valence-corrected chi connectivity index (χ4v) is 2.43. The predicted molar refractivity (Wildman–Crippen MR) is 65.9 cm³/mol. The van der Waals surface area contributed by atoms with Gasteiger partial charge in [0.15, 0.2) is 0 Å². The largest absolute Gasteiger partial charge is 0.379 e. The van der Waals surface area contributed by atoms with Crippen LogP contribution in [0.2, 0.25) is 0 Å². The third kappa shape index (κ3) is 3.66. The summed E-state index contributed by atoms with van der Waals surface area (Å²) in [4.78, 5) is 14.3. The topological polar surface area (TPSA) is 53.6 Å². The molecule has 5 heteroatoms. The summed E-state index contributed by atoms with van der Waals surface area (Å²) >= 11 is 0. The molecular weight excluding hydrogens is 218 g/mol. The van der Waals surface area contributed by atoms with Crippen LogP contribution in [0.25, 0.3) is 0 Å². The molecule has 5 nitrogen and oxygen atoms in total. The summed E-state index contributed by atoms with van der Waals surface area (Å²) in [6, 6.07) is 0.264. The number of carbonyl (C=O) groups is 1. The van der Waals surface area contributed by atoms with Crippen molar-refractivity contribution in [3.63, 3.8) is 0 Å². The molecule has 2 N–H and O–H groups in total. The monoisotopic (exact) mass is 241 g/mol. The van der Waals surface area contributed by atoms with Crippen LogP contribution < -0.4 is 10.6 Å². The molecule has 1 unspecified atom stereocenters. The van der Waals surface area contributed by atoms with Crippen LogP contribution in [-0.2, 0) is 9.53 Å². The first kappa shape index (κ1) is 12.8. The molecular formula is C12H23N3O2. The number of nitrogens with zero attached hydrogens (tertiary/aromatic N) is 1. The minimum absolute atomic E-state index is 0.0409. The van der Waals surface area contributed by atoms with Gasteiger partial charge in [-0.1, -0.05) is 0 Å². The highest BCUT2D eigenvalue weighted by atomic mass is 16.5. The molecule has 0 aromatic carbocycles. The highest BCUT2D eigenvalue weighted by Crippen LogP contribution is 2.06. The number of nitrogens with one attached hydrogen (secondary N) is 2. The number of morpholine rings is 1. The van der Waals surface area contributed by atoms with Gasteiger partial charge in [0.1, 0.15) is 0 Å². The first-order valence-electron chi connectivity index (χ1n) is 6.60. The van der Waals surface area contributed by atoms with Gasteiger partial charge in [-0.15, -0.1) is 0 Å². The van der Waals surface area contributed by atoms with Crippen molar-refractivity contribution in [2.75, 3.05) is 39.4 Å². The van der Waals surface area contributed by atoms with E-state index in [0.717, 1.165) is 52.2 Å². The molecule has 0 radical (unpaired) electrons. The van der Waals surface area contributed by atoms with Gasteiger partial charge in [0.2, 0.25) is 5.91 Å². The summed E-state index contributed by atoms with van der Waals surface area (Å²) < 4.78 is 5.30. The molecule has 2 saturated heterocycles. The van der Waals surface area contributed by atoms with Crippen molar-refractivity contribution >= 4 is 5.91 Å². The van der Waals surface area contributed by atoms with E-state index in [1.165, 1.54) is 0 Å². The second-order valence-corrected chi connectivity index (χ2v) is 4.88. The van der Waals surface area contributed by atoms with Gasteiger partial charge in [-0.2, -0.15) is 0 Å². The molecule has 0 aromatic heterocycles. The van der Waals surface area contributed by atoms with Crippen LogP contribution in [0.4, 0.5) is 0 Å². The van der Waals surface area contributed by atoms with Crippen molar-refractivity contribution in [3.8, 4) is 0 Å². The van der Waals surface area contributed by atoms with Gasteiger partial charge in [-0.3, -0.25) is 9.69 Å². The Balaban J connectivity index is 1.77. The number of carbonyl (C=O) groups excluding carboxylic acids is 1. The van der Waals surface area contributed by atoms with Gasteiger partial charge in [-0.25, -0.2) is 0 Å². The van der Waals surface area contributed by atoms with Gasteiger partial charge < -0.3 is 15.4 Å². The summed E-state index contributed by atoms with van der Waals surface area (Å²) in [5.41, 5.74) is 0. The Morgan fingerprint density at radius 3 is 2.88 bits per heavy atom.